The van der Waals surface area contributed by atoms with Crippen molar-refractivity contribution in [2.45, 2.75) is 78.2 Å². The molecule has 10 nitrogen and oxygen atoms in total. The average Bonchev–Trinajstić information content (AvgIpc) is 3.77. The molecule has 4 heterocycles. The topological polar surface area (TPSA) is 149 Å². The molecule has 2 aliphatic heterocycles. The molecule has 1 saturated carbocycles. The Kier molecular flexibility index (Phi) is 10.3. The lowest BCUT2D eigenvalue weighted by Gasteiger charge is -2.51. The van der Waals surface area contributed by atoms with Crippen LogP contribution in [0.25, 0.3) is 11.3 Å². The molecule has 1 aliphatic carbocycles. The highest BCUT2D eigenvalue weighted by Gasteiger charge is 2.45. The van der Waals surface area contributed by atoms with Gasteiger partial charge in [-0.05, 0) is 94.0 Å². The number of benzene rings is 1. The van der Waals surface area contributed by atoms with Crippen molar-refractivity contribution in [2.24, 2.45) is 40.4 Å². The summed E-state index contributed by atoms with van der Waals surface area (Å²) >= 11 is 0. The van der Waals surface area contributed by atoms with Crippen LogP contribution >= 0.6 is 0 Å². The molecule has 10 heteroatoms. The lowest BCUT2D eigenvalue weighted by atomic mass is 9.58. The third-order valence-electron chi connectivity index (χ3n) is 11.3. The molecular formula is C39H54N8O2. The van der Waals surface area contributed by atoms with Crippen molar-refractivity contribution in [3.63, 3.8) is 0 Å². The maximum Gasteiger partial charge on any atom is 0.172 e. The van der Waals surface area contributed by atoms with Crippen molar-refractivity contribution in [1.82, 2.24) is 19.8 Å². The maximum absolute atomic E-state index is 10.2. The first kappa shape index (κ1) is 34.5. The zero-order chi connectivity index (χ0) is 34.7. The van der Waals surface area contributed by atoms with Crippen molar-refractivity contribution in [2.75, 3.05) is 37.6 Å². The zero-order valence-electron chi connectivity index (χ0n) is 29.6. The summed E-state index contributed by atoms with van der Waals surface area (Å²) in [6.07, 6.45) is 12.7. The summed E-state index contributed by atoms with van der Waals surface area (Å²) in [4.78, 5) is 5.12. The van der Waals surface area contributed by atoms with E-state index in [0.717, 1.165) is 36.1 Å². The maximum atomic E-state index is 10.2. The molecule has 0 amide bonds. The molecule has 2 unspecified atom stereocenters. The second-order valence-corrected chi connectivity index (χ2v) is 15.1. The second-order valence-electron chi connectivity index (χ2n) is 15.1. The number of phenols is 1. The van der Waals surface area contributed by atoms with E-state index in [2.05, 4.69) is 65.7 Å². The summed E-state index contributed by atoms with van der Waals surface area (Å²) in [7, 11) is 0. The van der Waals surface area contributed by atoms with Crippen molar-refractivity contribution in [1.29, 1.82) is 0 Å². The number of nitrogens with zero attached hydrogens (tertiary/aromatic N) is 5. The number of rotatable bonds is 9. The first-order chi connectivity index (χ1) is 23.5. The van der Waals surface area contributed by atoms with Gasteiger partial charge in [0.25, 0.3) is 0 Å². The van der Waals surface area contributed by atoms with E-state index in [4.69, 9.17) is 21.7 Å². The summed E-state index contributed by atoms with van der Waals surface area (Å²) in [6, 6.07) is 8.96. The Morgan fingerprint density at radius 3 is 2.45 bits per heavy atom. The van der Waals surface area contributed by atoms with E-state index in [9.17, 15) is 5.11 Å². The van der Waals surface area contributed by atoms with Gasteiger partial charge in [-0.15, -0.1) is 0 Å². The quantitative estimate of drug-likeness (QED) is 0.162. The lowest BCUT2D eigenvalue weighted by Crippen LogP contribution is -2.48. The van der Waals surface area contributed by atoms with Crippen molar-refractivity contribution in [3.05, 3.63) is 71.5 Å². The van der Waals surface area contributed by atoms with E-state index in [0.29, 0.717) is 40.0 Å². The number of nitrogens with two attached hydrogens (primary N) is 3. The Morgan fingerprint density at radius 1 is 1.06 bits per heavy atom. The van der Waals surface area contributed by atoms with Gasteiger partial charge in [-0.3, -0.25) is 4.68 Å². The van der Waals surface area contributed by atoms with Crippen LogP contribution in [0, 0.1) is 35.0 Å². The molecule has 7 N–H and O–H groups in total. The molecule has 1 spiro atoms. The third-order valence-corrected chi connectivity index (χ3v) is 11.3. The number of aromatic nitrogens is 3. The van der Waals surface area contributed by atoms with E-state index in [1.54, 1.807) is 30.5 Å². The summed E-state index contributed by atoms with van der Waals surface area (Å²) in [5.41, 5.74) is 21.0. The first-order valence-electron chi connectivity index (χ1n) is 18.0. The summed E-state index contributed by atoms with van der Waals surface area (Å²) < 4.78 is 7.52. The molecule has 2 atom stereocenters. The normalized spacial score (nSPS) is 20.1. The SMILES string of the molecule is CC(C)C(C)c1cc(N2CCC(CN3CCC4(CC3)CC(C#CC(C)n3cc(C(/C=C(\N)c5ccccc5O)=C(N)N)cn3)C4)CC2)no1. The van der Waals surface area contributed by atoms with E-state index < -0.39 is 0 Å². The van der Waals surface area contributed by atoms with Crippen LogP contribution in [0.4, 0.5) is 5.82 Å². The fraction of sp³-hybridized carbons (Fsp3) is 0.538. The third kappa shape index (κ3) is 7.94. The summed E-state index contributed by atoms with van der Waals surface area (Å²) in [5, 5.41) is 19.1. The monoisotopic (exact) mass is 666 g/mol. The van der Waals surface area contributed by atoms with Gasteiger partial charge < -0.3 is 36.6 Å². The molecule has 3 aliphatic rings. The first-order valence-corrected chi connectivity index (χ1v) is 18.0. The van der Waals surface area contributed by atoms with Gasteiger partial charge in [-0.2, -0.15) is 5.10 Å². The summed E-state index contributed by atoms with van der Waals surface area (Å²) in [6.45, 7) is 14.5. The van der Waals surface area contributed by atoms with Gasteiger partial charge in [-0.25, -0.2) is 0 Å². The number of para-hydroxylation sites is 1. The van der Waals surface area contributed by atoms with Gasteiger partial charge in [0.05, 0.1) is 6.20 Å². The van der Waals surface area contributed by atoms with Crippen LogP contribution in [0.2, 0.25) is 0 Å². The number of hydrogen-bond acceptors (Lipinski definition) is 9. The Morgan fingerprint density at radius 2 is 1.78 bits per heavy atom. The highest BCUT2D eigenvalue weighted by molar-refractivity contribution is 5.84. The highest BCUT2D eigenvalue weighted by atomic mass is 16.5. The minimum absolute atomic E-state index is 0.0896. The molecule has 6 rings (SSSR count). The molecule has 262 valence electrons. The Hall–Kier alpha value is -4.36. The molecule has 3 aromatic rings. The van der Waals surface area contributed by atoms with Crippen LogP contribution in [0.15, 0.2) is 59.1 Å². The molecule has 0 bridgehead atoms. The molecule has 0 radical (unpaired) electrons. The fourth-order valence-corrected chi connectivity index (χ4v) is 7.67. The van der Waals surface area contributed by atoms with E-state index >= 15 is 0 Å². The second kappa shape index (κ2) is 14.6. The van der Waals surface area contributed by atoms with E-state index in [1.165, 1.54) is 58.2 Å². The minimum Gasteiger partial charge on any atom is -0.507 e. The van der Waals surface area contributed by atoms with Crippen LogP contribution in [-0.4, -0.2) is 57.7 Å². The van der Waals surface area contributed by atoms with Gasteiger partial charge in [-0.1, -0.05) is 49.9 Å². The van der Waals surface area contributed by atoms with Crippen LogP contribution in [0.5, 0.6) is 5.75 Å². The van der Waals surface area contributed by atoms with Crippen LogP contribution in [0.3, 0.4) is 0 Å². The molecule has 2 saturated heterocycles. The van der Waals surface area contributed by atoms with Gasteiger partial charge in [0.15, 0.2) is 5.82 Å². The Balaban J connectivity index is 0.944. The van der Waals surface area contributed by atoms with Gasteiger partial charge >= 0.3 is 0 Å². The smallest absolute Gasteiger partial charge is 0.172 e. The fourth-order valence-electron chi connectivity index (χ4n) is 7.67. The van der Waals surface area contributed by atoms with Crippen LogP contribution < -0.4 is 22.1 Å². The van der Waals surface area contributed by atoms with Gasteiger partial charge in [0.1, 0.15) is 23.4 Å². The predicted molar refractivity (Wildman–Crippen MR) is 196 cm³/mol. The largest absolute Gasteiger partial charge is 0.507 e. The Labute approximate surface area is 291 Å². The van der Waals surface area contributed by atoms with Crippen molar-refractivity contribution in [3.8, 4) is 17.6 Å². The number of hydrogen-bond donors (Lipinski definition) is 4. The number of phenolic OH excluding ortho intramolecular Hbond substituents is 1. The molecule has 49 heavy (non-hydrogen) atoms. The summed E-state index contributed by atoms with van der Waals surface area (Å²) in [5.74, 6) is 11.4. The van der Waals surface area contributed by atoms with E-state index in [1.807, 2.05) is 16.9 Å². The lowest BCUT2D eigenvalue weighted by molar-refractivity contribution is 0.00244. The molecule has 1 aromatic carbocycles. The predicted octanol–water partition coefficient (Wildman–Crippen LogP) is 5.90. The Bertz CT molecular complexity index is 1700. The van der Waals surface area contributed by atoms with E-state index in [-0.39, 0.29) is 17.6 Å². The minimum atomic E-state index is -0.0896. The molecule has 2 aromatic heterocycles. The standard InChI is InChI=1S/C39H54N8O2/c1-26(2)28(4)36-20-37(44-49-36)46-15-11-29(12-16-46)24-45-17-13-39(14-18-45)21-30(22-39)10-9-27(3)47-25-31(23-43-47)33(38(41)42)19-34(40)32-7-5-6-8-35(32)48/h5-8,19-20,23,25-30,48H,11-18,21-22,24,40-42H2,1-4H3/b34-19-. The van der Waals surface area contributed by atoms with Crippen LogP contribution in [0.1, 0.15) is 95.1 Å². The zero-order valence-corrected chi connectivity index (χ0v) is 29.6. The van der Waals surface area contributed by atoms with Crippen molar-refractivity contribution < 1.29 is 9.63 Å². The van der Waals surface area contributed by atoms with Gasteiger partial charge in [0.2, 0.25) is 0 Å². The number of aromatic hydroxyl groups is 1. The number of likely N-dealkylation sites (tertiary alicyclic amines) is 1. The molecule has 3 fully saturated rings. The number of piperidine rings is 2. The van der Waals surface area contributed by atoms with Gasteiger partial charge in [0, 0.05) is 66.1 Å². The van der Waals surface area contributed by atoms with Crippen LogP contribution in [-0.2, 0) is 0 Å². The average molecular weight is 667 g/mol. The number of anilines is 1. The number of allylic oxidation sites excluding steroid dienone is 2. The van der Waals surface area contributed by atoms with Crippen molar-refractivity contribution >= 4 is 17.1 Å². The molecular weight excluding hydrogens is 612 g/mol. The highest BCUT2D eigenvalue weighted by Crippen LogP contribution is 2.52.